The third-order valence-corrected chi connectivity index (χ3v) is 2.56. The maximum atomic E-state index is 5.46. The van der Waals surface area contributed by atoms with Crippen molar-refractivity contribution in [2.45, 2.75) is 32.0 Å². The molecule has 0 radical (unpaired) electrons. The van der Waals surface area contributed by atoms with Crippen LogP contribution in [0.15, 0.2) is 18.6 Å². The number of nitrogens with zero attached hydrogens (tertiary/aromatic N) is 2. The van der Waals surface area contributed by atoms with Gasteiger partial charge in [0, 0.05) is 25.4 Å². The van der Waals surface area contributed by atoms with Gasteiger partial charge in [-0.1, -0.05) is 0 Å². The predicted molar refractivity (Wildman–Crippen MR) is 52.7 cm³/mol. The summed E-state index contributed by atoms with van der Waals surface area (Å²) in [5.41, 5.74) is 1.03. The zero-order valence-electron chi connectivity index (χ0n) is 8.31. The first kappa shape index (κ1) is 9.55. The summed E-state index contributed by atoms with van der Waals surface area (Å²) >= 11 is 0. The highest BCUT2D eigenvalue weighted by molar-refractivity contribution is 4.97. The van der Waals surface area contributed by atoms with Gasteiger partial charge in [0.1, 0.15) is 6.33 Å². The van der Waals surface area contributed by atoms with E-state index in [2.05, 4.69) is 22.2 Å². The lowest BCUT2D eigenvalue weighted by atomic mass is 10.1. The van der Waals surface area contributed by atoms with E-state index in [-0.39, 0.29) is 0 Å². The highest BCUT2D eigenvalue weighted by Crippen LogP contribution is 2.12. The van der Waals surface area contributed by atoms with Gasteiger partial charge >= 0.3 is 0 Å². The molecule has 1 fully saturated rings. The summed E-state index contributed by atoms with van der Waals surface area (Å²) in [6.07, 6.45) is 4.74. The molecule has 76 valence electrons. The van der Waals surface area contributed by atoms with E-state index >= 15 is 0 Å². The summed E-state index contributed by atoms with van der Waals surface area (Å²) in [6, 6.07) is 2.39. The summed E-state index contributed by atoms with van der Waals surface area (Å²) in [4.78, 5) is 8.03. The fourth-order valence-electron chi connectivity index (χ4n) is 1.66. The molecular weight excluding hydrogens is 178 g/mol. The molecule has 1 aromatic rings. The zero-order valence-corrected chi connectivity index (χ0v) is 8.31. The molecule has 1 aliphatic heterocycles. The van der Waals surface area contributed by atoms with E-state index in [1.807, 2.05) is 6.07 Å². The Labute approximate surface area is 83.7 Å². The van der Waals surface area contributed by atoms with Crippen molar-refractivity contribution >= 4 is 0 Å². The van der Waals surface area contributed by atoms with Gasteiger partial charge in [0.05, 0.1) is 11.8 Å². The molecule has 0 saturated carbocycles. The van der Waals surface area contributed by atoms with Gasteiger partial charge in [0.15, 0.2) is 0 Å². The number of hydrogen-bond acceptors (Lipinski definition) is 4. The Bertz CT molecular complexity index is 278. The lowest BCUT2D eigenvalue weighted by molar-refractivity contribution is 0.113. The number of ether oxygens (including phenoxy) is 1. The SMILES string of the molecule is CC1OCCC1NCc1ccncn1. The van der Waals surface area contributed by atoms with E-state index in [4.69, 9.17) is 4.74 Å². The molecule has 0 aliphatic carbocycles. The molecule has 0 amide bonds. The second-order valence-corrected chi connectivity index (χ2v) is 3.55. The van der Waals surface area contributed by atoms with E-state index in [1.165, 1.54) is 0 Å². The monoisotopic (exact) mass is 193 g/mol. The van der Waals surface area contributed by atoms with Gasteiger partial charge in [-0.15, -0.1) is 0 Å². The largest absolute Gasteiger partial charge is 0.377 e. The fourth-order valence-corrected chi connectivity index (χ4v) is 1.66. The average molecular weight is 193 g/mol. The van der Waals surface area contributed by atoms with Gasteiger partial charge < -0.3 is 10.1 Å². The molecule has 1 aliphatic rings. The Hall–Kier alpha value is -1.00. The Balaban J connectivity index is 1.82. The average Bonchev–Trinajstić information content (AvgIpc) is 2.63. The van der Waals surface area contributed by atoms with Crippen LogP contribution in [0.4, 0.5) is 0 Å². The normalized spacial score (nSPS) is 26.6. The van der Waals surface area contributed by atoms with Gasteiger partial charge in [-0.05, 0) is 19.4 Å². The summed E-state index contributed by atoms with van der Waals surface area (Å²) in [5, 5.41) is 3.43. The van der Waals surface area contributed by atoms with E-state index in [0.29, 0.717) is 12.1 Å². The molecule has 2 unspecified atom stereocenters. The van der Waals surface area contributed by atoms with Gasteiger partial charge in [-0.25, -0.2) is 9.97 Å². The van der Waals surface area contributed by atoms with Crippen LogP contribution < -0.4 is 5.32 Å². The summed E-state index contributed by atoms with van der Waals surface area (Å²) < 4.78 is 5.46. The summed E-state index contributed by atoms with van der Waals surface area (Å²) in [7, 11) is 0. The van der Waals surface area contributed by atoms with Gasteiger partial charge in [0.2, 0.25) is 0 Å². The van der Waals surface area contributed by atoms with Crippen molar-refractivity contribution in [1.29, 1.82) is 0 Å². The van der Waals surface area contributed by atoms with Crippen LogP contribution >= 0.6 is 0 Å². The third-order valence-electron chi connectivity index (χ3n) is 2.56. The van der Waals surface area contributed by atoms with Crippen LogP contribution in [-0.4, -0.2) is 28.7 Å². The van der Waals surface area contributed by atoms with E-state index in [9.17, 15) is 0 Å². The van der Waals surface area contributed by atoms with E-state index in [0.717, 1.165) is 25.3 Å². The molecule has 14 heavy (non-hydrogen) atoms. The standard InChI is InChI=1S/C10H15N3O/c1-8-10(3-5-14-8)12-6-9-2-4-11-7-13-9/h2,4,7-8,10,12H,3,5-6H2,1H3. The van der Waals surface area contributed by atoms with Crippen LogP contribution in [-0.2, 0) is 11.3 Å². The molecule has 1 saturated heterocycles. The minimum Gasteiger partial charge on any atom is -0.377 e. The minimum absolute atomic E-state index is 0.317. The van der Waals surface area contributed by atoms with Crippen LogP contribution in [0.1, 0.15) is 19.0 Å². The van der Waals surface area contributed by atoms with Gasteiger partial charge in [0.25, 0.3) is 0 Å². The predicted octanol–water partition coefficient (Wildman–Crippen LogP) is 0.744. The minimum atomic E-state index is 0.317. The molecule has 2 atom stereocenters. The Morgan fingerprint density at radius 3 is 3.21 bits per heavy atom. The van der Waals surface area contributed by atoms with Crippen molar-refractivity contribution in [3.8, 4) is 0 Å². The molecule has 2 heterocycles. The molecule has 1 aromatic heterocycles. The van der Waals surface area contributed by atoms with Crippen LogP contribution in [0.5, 0.6) is 0 Å². The zero-order chi connectivity index (χ0) is 9.80. The third kappa shape index (κ3) is 2.27. The highest BCUT2D eigenvalue weighted by Gasteiger charge is 2.23. The Morgan fingerprint density at radius 2 is 2.57 bits per heavy atom. The topological polar surface area (TPSA) is 47.0 Å². The lowest BCUT2D eigenvalue weighted by Crippen LogP contribution is -2.34. The van der Waals surface area contributed by atoms with Crippen LogP contribution in [0, 0.1) is 0 Å². The molecule has 0 aromatic carbocycles. The first-order valence-corrected chi connectivity index (χ1v) is 4.96. The summed E-state index contributed by atoms with van der Waals surface area (Å²) in [6.45, 7) is 3.76. The Morgan fingerprint density at radius 1 is 1.64 bits per heavy atom. The highest BCUT2D eigenvalue weighted by atomic mass is 16.5. The molecule has 1 N–H and O–H groups in total. The molecule has 4 heteroatoms. The number of hydrogen-bond donors (Lipinski definition) is 1. The van der Waals surface area contributed by atoms with Crippen molar-refractivity contribution in [2.75, 3.05) is 6.61 Å². The van der Waals surface area contributed by atoms with Crippen LogP contribution in [0.3, 0.4) is 0 Å². The second-order valence-electron chi connectivity index (χ2n) is 3.55. The van der Waals surface area contributed by atoms with Gasteiger partial charge in [-0.2, -0.15) is 0 Å². The van der Waals surface area contributed by atoms with E-state index in [1.54, 1.807) is 12.5 Å². The van der Waals surface area contributed by atoms with Crippen LogP contribution in [0.25, 0.3) is 0 Å². The maximum absolute atomic E-state index is 5.46. The smallest absolute Gasteiger partial charge is 0.115 e. The molecule has 0 bridgehead atoms. The van der Waals surface area contributed by atoms with E-state index < -0.39 is 0 Å². The number of rotatable bonds is 3. The van der Waals surface area contributed by atoms with Crippen molar-refractivity contribution in [3.63, 3.8) is 0 Å². The first-order chi connectivity index (χ1) is 6.86. The van der Waals surface area contributed by atoms with Gasteiger partial charge in [-0.3, -0.25) is 0 Å². The number of nitrogens with one attached hydrogen (secondary N) is 1. The van der Waals surface area contributed by atoms with Crippen molar-refractivity contribution in [1.82, 2.24) is 15.3 Å². The second kappa shape index (κ2) is 4.48. The molecule has 4 nitrogen and oxygen atoms in total. The van der Waals surface area contributed by atoms with Crippen molar-refractivity contribution in [2.24, 2.45) is 0 Å². The fraction of sp³-hybridized carbons (Fsp3) is 0.600. The first-order valence-electron chi connectivity index (χ1n) is 4.96. The lowest BCUT2D eigenvalue weighted by Gasteiger charge is -2.15. The quantitative estimate of drug-likeness (QED) is 0.769. The molecular formula is C10H15N3O. The van der Waals surface area contributed by atoms with Crippen LogP contribution in [0.2, 0.25) is 0 Å². The van der Waals surface area contributed by atoms with Crippen molar-refractivity contribution < 1.29 is 4.74 Å². The summed E-state index contributed by atoms with van der Waals surface area (Å²) in [5.74, 6) is 0. The molecule has 0 spiro atoms. The van der Waals surface area contributed by atoms with Crippen molar-refractivity contribution in [3.05, 3.63) is 24.3 Å². The number of aromatic nitrogens is 2. The molecule has 2 rings (SSSR count). The maximum Gasteiger partial charge on any atom is 0.115 e. The Kier molecular flexibility index (Phi) is 3.06.